The van der Waals surface area contributed by atoms with Gasteiger partial charge in [-0.2, -0.15) is 0 Å². The molecule has 0 rings (SSSR count). The Balaban J connectivity index is 3.60. The van der Waals surface area contributed by atoms with Gasteiger partial charge in [-0.3, -0.25) is 4.90 Å². The largest absolute Gasteiger partial charge is 0.383 e. The van der Waals surface area contributed by atoms with Gasteiger partial charge >= 0.3 is 0 Å². The van der Waals surface area contributed by atoms with Crippen molar-refractivity contribution in [3.63, 3.8) is 0 Å². The molecule has 3 nitrogen and oxygen atoms in total. The SMILES string of the molecule is CCNCCN(CC)C(C)COC. The van der Waals surface area contributed by atoms with Crippen LogP contribution < -0.4 is 5.32 Å². The lowest BCUT2D eigenvalue weighted by Gasteiger charge is -2.27. The van der Waals surface area contributed by atoms with Crippen LogP contribution in [-0.2, 0) is 4.74 Å². The first kappa shape index (κ1) is 12.9. The molecule has 0 aromatic heterocycles. The molecule has 80 valence electrons. The lowest BCUT2D eigenvalue weighted by Crippen LogP contribution is -2.40. The highest BCUT2D eigenvalue weighted by Crippen LogP contribution is 1.97. The summed E-state index contributed by atoms with van der Waals surface area (Å²) in [6.07, 6.45) is 0. The molecule has 1 unspecified atom stereocenters. The van der Waals surface area contributed by atoms with E-state index in [4.69, 9.17) is 4.74 Å². The topological polar surface area (TPSA) is 24.5 Å². The summed E-state index contributed by atoms with van der Waals surface area (Å²) in [7, 11) is 1.76. The molecule has 1 atom stereocenters. The van der Waals surface area contributed by atoms with Gasteiger partial charge in [-0.15, -0.1) is 0 Å². The summed E-state index contributed by atoms with van der Waals surface area (Å²) in [6, 6.07) is 0.522. The van der Waals surface area contributed by atoms with E-state index < -0.39 is 0 Å². The quantitative estimate of drug-likeness (QED) is 0.574. The Morgan fingerprint density at radius 3 is 2.54 bits per heavy atom. The normalized spacial score (nSPS) is 13.6. The molecule has 13 heavy (non-hydrogen) atoms. The Bertz CT molecular complexity index is 109. The number of hydrogen-bond acceptors (Lipinski definition) is 3. The standard InChI is InChI=1S/C10H24N2O/c1-5-11-7-8-12(6-2)10(3)9-13-4/h10-11H,5-9H2,1-4H3. The summed E-state index contributed by atoms with van der Waals surface area (Å²) in [5, 5.41) is 3.33. The van der Waals surface area contributed by atoms with E-state index in [-0.39, 0.29) is 0 Å². The minimum absolute atomic E-state index is 0.522. The smallest absolute Gasteiger partial charge is 0.0615 e. The molecule has 0 radical (unpaired) electrons. The van der Waals surface area contributed by atoms with Gasteiger partial charge in [-0.1, -0.05) is 13.8 Å². The average Bonchev–Trinajstić information content (AvgIpc) is 2.13. The lowest BCUT2D eigenvalue weighted by atomic mass is 10.3. The van der Waals surface area contributed by atoms with Crippen molar-refractivity contribution in [3.8, 4) is 0 Å². The van der Waals surface area contributed by atoms with E-state index in [1.807, 2.05) is 0 Å². The first-order chi connectivity index (χ1) is 6.26. The lowest BCUT2D eigenvalue weighted by molar-refractivity contribution is 0.103. The fraction of sp³-hybridized carbons (Fsp3) is 1.00. The predicted octanol–water partition coefficient (Wildman–Crippen LogP) is 0.953. The Labute approximate surface area is 82.4 Å². The zero-order valence-corrected chi connectivity index (χ0v) is 9.47. The first-order valence-corrected chi connectivity index (χ1v) is 5.19. The van der Waals surface area contributed by atoms with Gasteiger partial charge in [-0.25, -0.2) is 0 Å². The Morgan fingerprint density at radius 1 is 1.38 bits per heavy atom. The average molecular weight is 188 g/mol. The van der Waals surface area contributed by atoms with Gasteiger partial charge in [0.2, 0.25) is 0 Å². The van der Waals surface area contributed by atoms with Crippen molar-refractivity contribution in [1.29, 1.82) is 0 Å². The molecule has 0 aliphatic heterocycles. The second kappa shape index (κ2) is 8.48. The maximum atomic E-state index is 5.13. The number of nitrogens with one attached hydrogen (secondary N) is 1. The number of methoxy groups -OCH3 is 1. The van der Waals surface area contributed by atoms with Crippen LogP contribution in [0.3, 0.4) is 0 Å². The minimum Gasteiger partial charge on any atom is -0.383 e. The fourth-order valence-corrected chi connectivity index (χ4v) is 1.44. The first-order valence-electron chi connectivity index (χ1n) is 5.19. The van der Waals surface area contributed by atoms with Crippen LogP contribution in [0.25, 0.3) is 0 Å². The van der Waals surface area contributed by atoms with Crippen molar-refractivity contribution in [3.05, 3.63) is 0 Å². The third kappa shape index (κ3) is 6.02. The van der Waals surface area contributed by atoms with Crippen LogP contribution in [0.15, 0.2) is 0 Å². The summed E-state index contributed by atoms with van der Waals surface area (Å²) in [6.45, 7) is 11.7. The van der Waals surface area contributed by atoms with Crippen LogP contribution in [-0.4, -0.2) is 50.8 Å². The molecule has 0 heterocycles. The third-order valence-corrected chi connectivity index (χ3v) is 2.26. The van der Waals surface area contributed by atoms with Crippen LogP contribution >= 0.6 is 0 Å². The molecular weight excluding hydrogens is 164 g/mol. The van der Waals surface area contributed by atoms with Crippen LogP contribution in [0.1, 0.15) is 20.8 Å². The summed E-state index contributed by atoms with van der Waals surface area (Å²) < 4.78 is 5.13. The van der Waals surface area contributed by atoms with Gasteiger partial charge in [0.15, 0.2) is 0 Å². The molecular formula is C10H24N2O. The molecule has 0 fully saturated rings. The summed E-state index contributed by atoms with van der Waals surface area (Å²) in [5.41, 5.74) is 0. The number of hydrogen-bond donors (Lipinski definition) is 1. The Morgan fingerprint density at radius 2 is 2.08 bits per heavy atom. The molecule has 0 amide bonds. The maximum absolute atomic E-state index is 5.13. The zero-order valence-electron chi connectivity index (χ0n) is 9.47. The van der Waals surface area contributed by atoms with E-state index in [0.29, 0.717) is 6.04 Å². The van der Waals surface area contributed by atoms with Gasteiger partial charge in [0, 0.05) is 26.2 Å². The van der Waals surface area contributed by atoms with Crippen molar-refractivity contribution in [2.24, 2.45) is 0 Å². The fourth-order valence-electron chi connectivity index (χ4n) is 1.44. The highest BCUT2D eigenvalue weighted by atomic mass is 16.5. The molecule has 3 heteroatoms. The summed E-state index contributed by atoms with van der Waals surface area (Å²) >= 11 is 0. The highest BCUT2D eigenvalue weighted by Gasteiger charge is 2.10. The molecule has 0 aliphatic carbocycles. The maximum Gasteiger partial charge on any atom is 0.0615 e. The monoisotopic (exact) mass is 188 g/mol. The molecule has 1 N–H and O–H groups in total. The molecule has 0 aliphatic rings. The molecule has 0 saturated carbocycles. The number of rotatable bonds is 8. The number of ether oxygens (including phenoxy) is 1. The Kier molecular flexibility index (Phi) is 8.40. The molecule has 0 saturated heterocycles. The van der Waals surface area contributed by atoms with Gasteiger partial charge < -0.3 is 10.1 Å². The van der Waals surface area contributed by atoms with Crippen molar-refractivity contribution < 1.29 is 4.74 Å². The van der Waals surface area contributed by atoms with Gasteiger partial charge in [0.05, 0.1) is 6.61 Å². The minimum atomic E-state index is 0.522. The van der Waals surface area contributed by atoms with Crippen molar-refractivity contribution >= 4 is 0 Å². The van der Waals surface area contributed by atoms with Crippen molar-refractivity contribution in [2.75, 3.05) is 39.9 Å². The number of nitrogens with zero attached hydrogens (tertiary/aromatic N) is 1. The van der Waals surface area contributed by atoms with Crippen molar-refractivity contribution in [1.82, 2.24) is 10.2 Å². The van der Waals surface area contributed by atoms with Crippen LogP contribution in [0, 0.1) is 0 Å². The Hall–Kier alpha value is -0.120. The zero-order chi connectivity index (χ0) is 10.1. The van der Waals surface area contributed by atoms with E-state index in [1.54, 1.807) is 7.11 Å². The molecule has 0 bridgehead atoms. The van der Waals surface area contributed by atoms with Crippen LogP contribution in [0.5, 0.6) is 0 Å². The molecule has 0 aromatic rings. The van der Waals surface area contributed by atoms with E-state index in [0.717, 1.165) is 32.8 Å². The van der Waals surface area contributed by atoms with E-state index >= 15 is 0 Å². The van der Waals surface area contributed by atoms with E-state index in [9.17, 15) is 0 Å². The van der Waals surface area contributed by atoms with Crippen LogP contribution in [0.4, 0.5) is 0 Å². The summed E-state index contributed by atoms with van der Waals surface area (Å²) in [4.78, 5) is 2.42. The second-order valence-corrected chi connectivity index (χ2v) is 3.29. The van der Waals surface area contributed by atoms with Gasteiger partial charge in [0.25, 0.3) is 0 Å². The number of likely N-dealkylation sites (N-methyl/N-ethyl adjacent to an activating group) is 2. The molecule has 0 spiro atoms. The van der Waals surface area contributed by atoms with Crippen LogP contribution in [0.2, 0.25) is 0 Å². The van der Waals surface area contributed by atoms with Gasteiger partial charge in [-0.05, 0) is 20.0 Å². The second-order valence-electron chi connectivity index (χ2n) is 3.29. The molecule has 0 aromatic carbocycles. The van der Waals surface area contributed by atoms with E-state index in [2.05, 4.69) is 31.0 Å². The highest BCUT2D eigenvalue weighted by molar-refractivity contribution is 4.65. The van der Waals surface area contributed by atoms with Gasteiger partial charge in [0.1, 0.15) is 0 Å². The summed E-state index contributed by atoms with van der Waals surface area (Å²) in [5.74, 6) is 0. The van der Waals surface area contributed by atoms with Crippen molar-refractivity contribution in [2.45, 2.75) is 26.8 Å². The third-order valence-electron chi connectivity index (χ3n) is 2.26. The van der Waals surface area contributed by atoms with E-state index in [1.165, 1.54) is 0 Å². The predicted molar refractivity (Wildman–Crippen MR) is 57.1 cm³/mol.